The summed E-state index contributed by atoms with van der Waals surface area (Å²) in [5, 5.41) is 19.6. The van der Waals surface area contributed by atoms with E-state index >= 15 is 0 Å². The molecule has 0 aliphatic heterocycles. The van der Waals surface area contributed by atoms with Gasteiger partial charge in [-0.1, -0.05) is 11.6 Å². The minimum absolute atomic E-state index is 0.0807. The number of methoxy groups -OCH3 is 1. The third-order valence-electron chi connectivity index (χ3n) is 1.71. The van der Waals surface area contributed by atoms with Crippen molar-refractivity contribution in [2.24, 2.45) is 0 Å². The number of aliphatic hydroxyl groups is 1. The van der Waals surface area contributed by atoms with Crippen LogP contribution in [0.1, 0.15) is 5.56 Å². The van der Waals surface area contributed by atoms with Crippen molar-refractivity contribution in [3.05, 3.63) is 32.8 Å². The van der Waals surface area contributed by atoms with E-state index in [1.807, 2.05) is 0 Å². The number of rotatable bonds is 3. The van der Waals surface area contributed by atoms with Crippen molar-refractivity contribution in [3.8, 4) is 5.75 Å². The maximum atomic E-state index is 10.6. The number of nitrogens with zero attached hydrogens (tertiary/aromatic N) is 1. The van der Waals surface area contributed by atoms with Crippen molar-refractivity contribution in [1.29, 1.82) is 0 Å². The summed E-state index contributed by atoms with van der Waals surface area (Å²) in [7, 11) is 1.32. The number of halogens is 1. The number of hydrogen-bond donors (Lipinski definition) is 1. The van der Waals surface area contributed by atoms with Gasteiger partial charge in [-0.05, 0) is 0 Å². The van der Waals surface area contributed by atoms with Gasteiger partial charge in [0.2, 0.25) is 0 Å². The lowest BCUT2D eigenvalue weighted by molar-refractivity contribution is -0.385. The molecule has 0 bridgehead atoms. The molecule has 0 aliphatic carbocycles. The number of hydrogen-bond acceptors (Lipinski definition) is 4. The van der Waals surface area contributed by atoms with Gasteiger partial charge in [-0.25, -0.2) is 0 Å². The molecular formula is C8H8ClNO4. The van der Waals surface area contributed by atoms with Crippen LogP contribution < -0.4 is 4.74 Å². The summed E-state index contributed by atoms with van der Waals surface area (Å²) < 4.78 is 4.78. The van der Waals surface area contributed by atoms with E-state index in [1.54, 1.807) is 0 Å². The Kier molecular flexibility index (Phi) is 3.27. The largest absolute Gasteiger partial charge is 0.490 e. The fourth-order valence-electron chi connectivity index (χ4n) is 1.01. The molecular weight excluding hydrogens is 210 g/mol. The molecule has 0 aliphatic rings. The predicted molar refractivity (Wildman–Crippen MR) is 50.6 cm³/mol. The maximum Gasteiger partial charge on any atom is 0.311 e. The van der Waals surface area contributed by atoms with E-state index < -0.39 is 4.92 Å². The average molecular weight is 218 g/mol. The first-order valence-corrected chi connectivity index (χ1v) is 4.09. The van der Waals surface area contributed by atoms with Gasteiger partial charge in [0.05, 0.1) is 23.7 Å². The Labute approximate surface area is 85.0 Å². The van der Waals surface area contributed by atoms with E-state index in [4.69, 9.17) is 21.4 Å². The highest BCUT2D eigenvalue weighted by atomic mass is 35.5. The lowest BCUT2D eigenvalue weighted by Gasteiger charge is -2.05. The van der Waals surface area contributed by atoms with Gasteiger partial charge < -0.3 is 9.84 Å². The zero-order valence-electron chi connectivity index (χ0n) is 7.36. The van der Waals surface area contributed by atoms with Crippen LogP contribution in [0, 0.1) is 10.1 Å². The van der Waals surface area contributed by atoms with Gasteiger partial charge in [-0.3, -0.25) is 10.1 Å². The monoisotopic (exact) mass is 217 g/mol. The van der Waals surface area contributed by atoms with E-state index in [2.05, 4.69) is 0 Å². The summed E-state index contributed by atoms with van der Waals surface area (Å²) >= 11 is 5.72. The summed E-state index contributed by atoms with van der Waals surface area (Å²) in [6.07, 6.45) is 0. The van der Waals surface area contributed by atoms with Crippen molar-refractivity contribution >= 4 is 17.3 Å². The topological polar surface area (TPSA) is 72.6 Å². The molecule has 1 rings (SSSR count). The molecule has 5 nitrogen and oxygen atoms in total. The van der Waals surface area contributed by atoms with Gasteiger partial charge in [0.1, 0.15) is 0 Å². The van der Waals surface area contributed by atoms with Crippen molar-refractivity contribution in [3.63, 3.8) is 0 Å². The Balaban J connectivity index is 3.32. The third kappa shape index (κ3) is 1.94. The van der Waals surface area contributed by atoms with Crippen molar-refractivity contribution in [2.75, 3.05) is 7.11 Å². The second kappa shape index (κ2) is 4.26. The van der Waals surface area contributed by atoms with Crippen LogP contribution in [-0.4, -0.2) is 17.1 Å². The standard InChI is InChI=1S/C8H8ClNO4/c1-14-8-3-6(9)5(4-11)2-7(8)10(12)13/h2-3,11H,4H2,1H3. The molecule has 76 valence electrons. The first kappa shape index (κ1) is 10.7. The molecule has 0 radical (unpaired) electrons. The lowest BCUT2D eigenvalue weighted by atomic mass is 10.2. The van der Waals surface area contributed by atoms with E-state index in [-0.39, 0.29) is 23.1 Å². The van der Waals surface area contributed by atoms with Crippen LogP contribution in [0.15, 0.2) is 12.1 Å². The van der Waals surface area contributed by atoms with Gasteiger partial charge in [0.15, 0.2) is 5.75 Å². The molecule has 1 aromatic carbocycles. The molecule has 0 aromatic heterocycles. The smallest absolute Gasteiger partial charge is 0.311 e. The molecule has 1 N–H and O–H groups in total. The Morgan fingerprint density at radius 1 is 1.64 bits per heavy atom. The van der Waals surface area contributed by atoms with Gasteiger partial charge in [-0.2, -0.15) is 0 Å². The maximum absolute atomic E-state index is 10.6. The second-order valence-corrected chi connectivity index (χ2v) is 2.94. The van der Waals surface area contributed by atoms with Crippen molar-refractivity contribution < 1.29 is 14.8 Å². The molecule has 0 atom stereocenters. The van der Waals surface area contributed by atoms with Gasteiger partial charge in [0.25, 0.3) is 0 Å². The predicted octanol–water partition coefficient (Wildman–Crippen LogP) is 1.75. The van der Waals surface area contributed by atoms with Crippen LogP contribution >= 0.6 is 11.6 Å². The molecule has 0 saturated carbocycles. The van der Waals surface area contributed by atoms with Crippen LogP contribution in [0.3, 0.4) is 0 Å². The quantitative estimate of drug-likeness (QED) is 0.618. The highest BCUT2D eigenvalue weighted by Gasteiger charge is 2.17. The zero-order valence-corrected chi connectivity index (χ0v) is 8.11. The molecule has 0 amide bonds. The van der Waals surface area contributed by atoms with Crippen molar-refractivity contribution in [1.82, 2.24) is 0 Å². The van der Waals surface area contributed by atoms with E-state index in [0.717, 1.165) is 0 Å². The van der Waals surface area contributed by atoms with Gasteiger partial charge in [0, 0.05) is 17.7 Å². The summed E-state index contributed by atoms with van der Waals surface area (Å²) in [6.45, 7) is -0.344. The molecule has 0 saturated heterocycles. The molecule has 0 fully saturated rings. The normalized spacial score (nSPS) is 9.93. The molecule has 0 heterocycles. The Bertz CT molecular complexity index is 367. The fraction of sp³-hybridized carbons (Fsp3) is 0.250. The van der Waals surface area contributed by atoms with Crippen LogP contribution in [0.25, 0.3) is 0 Å². The average Bonchev–Trinajstić information content (AvgIpc) is 2.16. The van der Waals surface area contributed by atoms with Crippen molar-refractivity contribution in [2.45, 2.75) is 6.61 Å². The Morgan fingerprint density at radius 3 is 2.71 bits per heavy atom. The third-order valence-corrected chi connectivity index (χ3v) is 2.07. The Hall–Kier alpha value is -1.33. The van der Waals surface area contributed by atoms with Crippen LogP contribution in [0.4, 0.5) is 5.69 Å². The first-order valence-electron chi connectivity index (χ1n) is 3.71. The van der Waals surface area contributed by atoms with E-state index in [9.17, 15) is 10.1 Å². The summed E-state index contributed by atoms with van der Waals surface area (Å²) in [5.41, 5.74) is 0.0973. The van der Waals surface area contributed by atoms with E-state index in [0.29, 0.717) is 5.56 Å². The number of benzene rings is 1. The number of aliphatic hydroxyl groups excluding tert-OH is 1. The summed E-state index contributed by atoms with van der Waals surface area (Å²) in [5.74, 6) is 0.0807. The number of ether oxygens (including phenoxy) is 1. The minimum atomic E-state index is -0.589. The first-order chi connectivity index (χ1) is 6.60. The fourth-order valence-corrected chi connectivity index (χ4v) is 1.23. The van der Waals surface area contributed by atoms with Crippen LogP contribution in [0.2, 0.25) is 5.02 Å². The summed E-state index contributed by atoms with van der Waals surface area (Å²) in [4.78, 5) is 9.97. The zero-order chi connectivity index (χ0) is 10.7. The summed E-state index contributed by atoms with van der Waals surface area (Å²) in [6, 6.07) is 2.51. The second-order valence-electron chi connectivity index (χ2n) is 2.53. The number of nitro benzene ring substituents is 1. The molecule has 14 heavy (non-hydrogen) atoms. The van der Waals surface area contributed by atoms with E-state index in [1.165, 1.54) is 19.2 Å². The van der Waals surface area contributed by atoms with Gasteiger partial charge >= 0.3 is 5.69 Å². The molecule has 1 aromatic rings. The Morgan fingerprint density at radius 2 is 2.29 bits per heavy atom. The highest BCUT2D eigenvalue weighted by molar-refractivity contribution is 6.31. The lowest BCUT2D eigenvalue weighted by Crippen LogP contribution is -1.96. The van der Waals surface area contributed by atoms with Crippen LogP contribution in [0.5, 0.6) is 5.75 Å². The molecule has 6 heteroatoms. The SMILES string of the molecule is COc1cc(Cl)c(CO)cc1[N+](=O)[O-]. The number of nitro groups is 1. The molecule has 0 spiro atoms. The minimum Gasteiger partial charge on any atom is -0.490 e. The van der Waals surface area contributed by atoms with Crippen LogP contribution in [-0.2, 0) is 6.61 Å². The molecule has 0 unspecified atom stereocenters. The van der Waals surface area contributed by atoms with Gasteiger partial charge in [-0.15, -0.1) is 0 Å². The highest BCUT2D eigenvalue weighted by Crippen LogP contribution is 2.32.